The predicted molar refractivity (Wildman–Crippen MR) is 70.7 cm³/mol. The molecule has 0 aliphatic rings. The summed E-state index contributed by atoms with van der Waals surface area (Å²) >= 11 is 0. The maximum atomic E-state index is 11.0. The van der Waals surface area contributed by atoms with Crippen molar-refractivity contribution >= 4 is 16.7 Å². The fourth-order valence-electron chi connectivity index (χ4n) is 1.98. The van der Waals surface area contributed by atoms with E-state index in [1.165, 1.54) is 10.9 Å². The van der Waals surface area contributed by atoms with Gasteiger partial charge in [0, 0.05) is 12.0 Å². The van der Waals surface area contributed by atoms with Crippen LogP contribution in [0, 0.1) is 6.92 Å². The fraction of sp³-hybridized carbons (Fsp3) is 0.133. The monoisotopic (exact) mass is 225 g/mol. The SMILES string of the molecule is C=C(Cc1ccc(C)c2ccccc12)C(N)=O. The zero-order valence-corrected chi connectivity index (χ0v) is 9.86. The van der Waals surface area contributed by atoms with E-state index in [9.17, 15) is 4.79 Å². The van der Waals surface area contributed by atoms with E-state index in [2.05, 4.69) is 31.7 Å². The van der Waals surface area contributed by atoms with Gasteiger partial charge in [-0.2, -0.15) is 0 Å². The molecule has 2 N–H and O–H groups in total. The lowest BCUT2D eigenvalue weighted by molar-refractivity contribution is -0.114. The first-order valence-corrected chi connectivity index (χ1v) is 5.54. The zero-order chi connectivity index (χ0) is 12.4. The number of carbonyl (C=O) groups excluding carboxylic acids is 1. The first kappa shape index (κ1) is 11.4. The third-order valence-corrected chi connectivity index (χ3v) is 2.98. The second kappa shape index (κ2) is 4.42. The second-order valence-electron chi connectivity index (χ2n) is 4.23. The molecular weight excluding hydrogens is 210 g/mol. The lowest BCUT2D eigenvalue weighted by atomic mass is 9.96. The summed E-state index contributed by atoms with van der Waals surface area (Å²) < 4.78 is 0. The van der Waals surface area contributed by atoms with Gasteiger partial charge < -0.3 is 5.73 Å². The molecule has 0 atom stereocenters. The van der Waals surface area contributed by atoms with Crippen molar-refractivity contribution in [1.29, 1.82) is 0 Å². The third kappa shape index (κ3) is 2.21. The Morgan fingerprint density at radius 1 is 1.18 bits per heavy atom. The van der Waals surface area contributed by atoms with E-state index in [1.54, 1.807) is 0 Å². The number of amides is 1. The normalized spacial score (nSPS) is 10.4. The van der Waals surface area contributed by atoms with E-state index < -0.39 is 5.91 Å². The summed E-state index contributed by atoms with van der Waals surface area (Å²) in [5.41, 5.74) is 7.99. The van der Waals surface area contributed by atoms with E-state index in [0.29, 0.717) is 12.0 Å². The van der Waals surface area contributed by atoms with Crippen LogP contribution in [0.3, 0.4) is 0 Å². The highest BCUT2D eigenvalue weighted by molar-refractivity contribution is 5.94. The number of hydrogen-bond donors (Lipinski definition) is 1. The van der Waals surface area contributed by atoms with Gasteiger partial charge in [0.25, 0.3) is 0 Å². The fourth-order valence-corrected chi connectivity index (χ4v) is 1.98. The molecule has 17 heavy (non-hydrogen) atoms. The summed E-state index contributed by atoms with van der Waals surface area (Å²) in [7, 11) is 0. The maximum absolute atomic E-state index is 11.0. The molecule has 0 fully saturated rings. The molecule has 0 saturated carbocycles. The van der Waals surface area contributed by atoms with Gasteiger partial charge in [-0.25, -0.2) is 0 Å². The molecule has 0 aliphatic heterocycles. The molecule has 0 radical (unpaired) electrons. The van der Waals surface area contributed by atoms with Crippen LogP contribution in [0.15, 0.2) is 48.6 Å². The Morgan fingerprint density at radius 2 is 1.82 bits per heavy atom. The molecule has 2 rings (SSSR count). The Bertz CT molecular complexity index is 599. The molecule has 2 aromatic rings. The van der Waals surface area contributed by atoms with Crippen LogP contribution in [0.2, 0.25) is 0 Å². The lowest BCUT2D eigenvalue weighted by Gasteiger charge is -2.09. The molecule has 0 heterocycles. The minimum Gasteiger partial charge on any atom is -0.366 e. The first-order valence-electron chi connectivity index (χ1n) is 5.54. The molecule has 2 heteroatoms. The maximum Gasteiger partial charge on any atom is 0.244 e. The number of carbonyl (C=O) groups is 1. The van der Waals surface area contributed by atoms with E-state index in [0.717, 1.165) is 10.9 Å². The highest BCUT2D eigenvalue weighted by Gasteiger charge is 2.07. The highest BCUT2D eigenvalue weighted by atomic mass is 16.1. The van der Waals surface area contributed by atoms with Crippen LogP contribution in [0.1, 0.15) is 11.1 Å². The van der Waals surface area contributed by atoms with Crippen LogP contribution < -0.4 is 5.73 Å². The Hall–Kier alpha value is -2.09. The minimum absolute atomic E-state index is 0.436. The van der Waals surface area contributed by atoms with Crippen LogP contribution in [0.4, 0.5) is 0 Å². The topological polar surface area (TPSA) is 43.1 Å². The largest absolute Gasteiger partial charge is 0.366 e. The number of benzene rings is 2. The molecule has 2 nitrogen and oxygen atoms in total. The van der Waals surface area contributed by atoms with E-state index in [-0.39, 0.29) is 0 Å². The van der Waals surface area contributed by atoms with Gasteiger partial charge in [0.05, 0.1) is 0 Å². The van der Waals surface area contributed by atoms with Crippen LogP contribution >= 0.6 is 0 Å². The van der Waals surface area contributed by atoms with Crippen LogP contribution in [0.5, 0.6) is 0 Å². The Kier molecular flexibility index (Phi) is 2.96. The zero-order valence-electron chi connectivity index (χ0n) is 9.86. The van der Waals surface area contributed by atoms with Gasteiger partial charge in [-0.05, 0) is 28.8 Å². The van der Waals surface area contributed by atoms with Gasteiger partial charge in [-0.15, -0.1) is 0 Å². The number of rotatable bonds is 3. The van der Waals surface area contributed by atoms with Crippen molar-refractivity contribution in [1.82, 2.24) is 0 Å². The summed E-state index contributed by atoms with van der Waals surface area (Å²) in [6, 6.07) is 12.3. The molecule has 0 bridgehead atoms. The highest BCUT2D eigenvalue weighted by Crippen LogP contribution is 2.23. The van der Waals surface area contributed by atoms with Crippen LogP contribution in [-0.2, 0) is 11.2 Å². The second-order valence-corrected chi connectivity index (χ2v) is 4.23. The minimum atomic E-state index is -0.436. The molecule has 0 unspecified atom stereocenters. The quantitative estimate of drug-likeness (QED) is 0.802. The number of hydrogen-bond acceptors (Lipinski definition) is 1. The molecule has 0 spiro atoms. The van der Waals surface area contributed by atoms with Crippen LogP contribution in [-0.4, -0.2) is 5.91 Å². The van der Waals surface area contributed by atoms with Gasteiger partial charge in [0.2, 0.25) is 5.91 Å². The smallest absolute Gasteiger partial charge is 0.244 e. The van der Waals surface area contributed by atoms with E-state index in [1.807, 2.05) is 18.2 Å². The summed E-state index contributed by atoms with van der Waals surface area (Å²) in [6.07, 6.45) is 0.510. The Morgan fingerprint density at radius 3 is 2.47 bits per heavy atom. The van der Waals surface area contributed by atoms with Gasteiger partial charge >= 0.3 is 0 Å². The molecule has 0 saturated heterocycles. The number of aryl methyl sites for hydroxylation is 1. The van der Waals surface area contributed by atoms with Crippen molar-refractivity contribution in [2.75, 3.05) is 0 Å². The van der Waals surface area contributed by atoms with Gasteiger partial charge in [-0.1, -0.05) is 43.0 Å². The number of fused-ring (bicyclic) bond motifs is 1. The predicted octanol–water partition coefficient (Wildman–Crippen LogP) is 2.73. The standard InChI is InChI=1S/C15H15NO/c1-10-7-8-12(9-11(2)15(16)17)14-6-4-3-5-13(10)14/h3-8H,2,9H2,1H3,(H2,16,17). The lowest BCUT2D eigenvalue weighted by Crippen LogP contribution is -2.14. The molecular formula is C15H15NO. The average Bonchev–Trinajstić information content (AvgIpc) is 2.33. The van der Waals surface area contributed by atoms with Crippen molar-refractivity contribution in [3.8, 4) is 0 Å². The average molecular weight is 225 g/mol. The van der Waals surface area contributed by atoms with Gasteiger partial charge in [0.15, 0.2) is 0 Å². The van der Waals surface area contributed by atoms with Crippen molar-refractivity contribution in [2.45, 2.75) is 13.3 Å². The van der Waals surface area contributed by atoms with Crippen molar-refractivity contribution in [3.05, 3.63) is 59.7 Å². The summed E-state index contributed by atoms with van der Waals surface area (Å²) in [5, 5.41) is 2.37. The third-order valence-electron chi connectivity index (χ3n) is 2.98. The van der Waals surface area contributed by atoms with Crippen molar-refractivity contribution in [2.24, 2.45) is 5.73 Å². The summed E-state index contributed by atoms with van der Waals surface area (Å²) in [5.74, 6) is -0.436. The molecule has 86 valence electrons. The Balaban J connectivity index is 2.52. The molecule has 2 aromatic carbocycles. The van der Waals surface area contributed by atoms with Gasteiger partial charge in [-0.3, -0.25) is 4.79 Å². The number of primary amides is 1. The summed E-state index contributed by atoms with van der Waals surface area (Å²) in [6.45, 7) is 5.78. The first-order chi connectivity index (χ1) is 8.09. The van der Waals surface area contributed by atoms with Crippen molar-refractivity contribution in [3.63, 3.8) is 0 Å². The van der Waals surface area contributed by atoms with E-state index in [4.69, 9.17) is 5.73 Å². The molecule has 1 amide bonds. The van der Waals surface area contributed by atoms with Gasteiger partial charge in [0.1, 0.15) is 0 Å². The van der Waals surface area contributed by atoms with Crippen LogP contribution in [0.25, 0.3) is 10.8 Å². The Labute approximate surface area is 101 Å². The number of nitrogens with two attached hydrogens (primary N) is 1. The molecule has 0 aliphatic carbocycles. The summed E-state index contributed by atoms with van der Waals surface area (Å²) in [4.78, 5) is 11.0. The van der Waals surface area contributed by atoms with E-state index >= 15 is 0 Å². The molecule has 0 aromatic heterocycles. The van der Waals surface area contributed by atoms with Crippen molar-refractivity contribution < 1.29 is 4.79 Å².